The van der Waals surface area contributed by atoms with Gasteiger partial charge >= 0.3 is 0 Å². The molecule has 154 valence electrons. The number of hydrogen-bond acceptors (Lipinski definition) is 6. The molecular formula is C20H17FN4O3S2. The first-order valence-electron chi connectivity index (χ1n) is 9.03. The zero-order valence-corrected chi connectivity index (χ0v) is 17.5. The lowest BCUT2D eigenvalue weighted by molar-refractivity contribution is 0.549. The second-order valence-corrected chi connectivity index (χ2v) is 9.55. The number of fused-ring (bicyclic) bond motifs is 1. The molecule has 2 aromatic heterocycles. The van der Waals surface area contributed by atoms with Crippen LogP contribution in [0.25, 0.3) is 21.5 Å². The van der Waals surface area contributed by atoms with E-state index in [9.17, 15) is 17.6 Å². The summed E-state index contributed by atoms with van der Waals surface area (Å²) in [7, 11) is -3.75. The molecule has 0 saturated heterocycles. The van der Waals surface area contributed by atoms with Gasteiger partial charge in [0.2, 0.25) is 10.0 Å². The van der Waals surface area contributed by atoms with Gasteiger partial charge in [-0.15, -0.1) is 11.3 Å². The molecule has 0 amide bonds. The largest absolute Gasteiger partial charge is 0.268 e. The van der Waals surface area contributed by atoms with Crippen molar-refractivity contribution < 1.29 is 12.8 Å². The van der Waals surface area contributed by atoms with Crippen molar-refractivity contribution in [3.8, 4) is 11.3 Å². The van der Waals surface area contributed by atoms with E-state index in [1.807, 2.05) is 6.92 Å². The molecule has 30 heavy (non-hydrogen) atoms. The number of benzene rings is 2. The van der Waals surface area contributed by atoms with Crippen LogP contribution in [0.15, 0.2) is 64.3 Å². The van der Waals surface area contributed by atoms with Crippen LogP contribution in [0.4, 0.5) is 4.39 Å². The Bertz CT molecular complexity index is 1380. The number of hydrogen-bond donors (Lipinski definition) is 1. The van der Waals surface area contributed by atoms with Gasteiger partial charge in [0, 0.05) is 18.2 Å². The minimum absolute atomic E-state index is 0.0120. The van der Waals surface area contributed by atoms with E-state index in [0.29, 0.717) is 11.3 Å². The highest BCUT2D eigenvalue weighted by atomic mass is 32.2. The summed E-state index contributed by atoms with van der Waals surface area (Å²) in [5, 5.41) is 5.11. The van der Waals surface area contributed by atoms with E-state index in [0.717, 1.165) is 15.2 Å². The van der Waals surface area contributed by atoms with E-state index >= 15 is 0 Å². The van der Waals surface area contributed by atoms with Crippen molar-refractivity contribution in [2.45, 2.75) is 18.4 Å². The van der Waals surface area contributed by atoms with Gasteiger partial charge in [-0.2, -0.15) is 5.10 Å². The van der Waals surface area contributed by atoms with E-state index in [1.165, 1.54) is 40.3 Å². The number of aryl methyl sites for hydroxylation is 1. The lowest BCUT2D eigenvalue weighted by atomic mass is 10.1. The first-order valence-corrected chi connectivity index (χ1v) is 11.3. The monoisotopic (exact) mass is 444 g/mol. The maximum Gasteiger partial charge on any atom is 0.266 e. The van der Waals surface area contributed by atoms with Gasteiger partial charge in [-0.3, -0.25) is 4.79 Å². The average Bonchev–Trinajstić information content (AvgIpc) is 3.09. The van der Waals surface area contributed by atoms with Gasteiger partial charge in [0.25, 0.3) is 5.56 Å². The van der Waals surface area contributed by atoms with Crippen molar-refractivity contribution in [1.82, 2.24) is 19.5 Å². The third kappa shape index (κ3) is 4.30. The lowest BCUT2D eigenvalue weighted by Crippen LogP contribution is -2.32. The topological polar surface area (TPSA) is 93.9 Å². The normalized spacial score (nSPS) is 11.8. The number of nitrogens with zero attached hydrogens (tertiary/aromatic N) is 3. The van der Waals surface area contributed by atoms with Gasteiger partial charge in [-0.25, -0.2) is 27.2 Å². The lowest BCUT2D eigenvalue weighted by Gasteiger charge is -2.09. The molecule has 4 rings (SSSR count). The van der Waals surface area contributed by atoms with Gasteiger partial charge in [0.05, 0.1) is 32.4 Å². The van der Waals surface area contributed by atoms with Crippen molar-refractivity contribution in [2.24, 2.45) is 0 Å². The Morgan fingerprint density at radius 3 is 2.63 bits per heavy atom. The van der Waals surface area contributed by atoms with E-state index in [4.69, 9.17) is 0 Å². The fourth-order valence-electron chi connectivity index (χ4n) is 2.94. The molecule has 0 aliphatic rings. The molecule has 0 aliphatic carbocycles. The van der Waals surface area contributed by atoms with Crippen LogP contribution in [0.1, 0.15) is 5.01 Å². The summed E-state index contributed by atoms with van der Waals surface area (Å²) in [4.78, 5) is 16.5. The van der Waals surface area contributed by atoms with E-state index in [2.05, 4.69) is 14.8 Å². The maximum absolute atomic E-state index is 13.1. The Morgan fingerprint density at radius 1 is 1.10 bits per heavy atom. The predicted octanol–water partition coefficient (Wildman–Crippen LogP) is 2.95. The maximum atomic E-state index is 13.1. The summed E-state index contributed by atoms with van der Waals surface area (Å²) >= 11 is 1.42. The highest BCUT2D eigenvalue weighted by molar-refractivity contribution is 7.89. The SMILES string of the molecule is Cc1nc2ccc(S(=O)(=O)NCCn3nc(-c4ccc(F)cc4)ccc3=O)cc2s1. The second kappa shape index (κ2) is 8.05. The average molecular weight is 445 g/mol. The first-order chi connectivity index (χ1) is 14.3. The van der Waals surface area contributed by atoms with E-state index < -0.39 is 10.0 Å². The molecular weight excluding hydrogens is 427 g/mol. The van der Waals surface area contributed by atoms with Crippen LogP contribution < -0.4 is 10.3 Å². The van der Waals surface area contributed by atoms with Crippen LogP contribution in [0.3, 0.4) is 0 Å². The van der Waals surface area contributed by atoms with Crippen LogP contribution in [0.5, 0.6) is 0 Å². The zero-order chi connectivity index (χ0) is 21.3. The molecule has 0 spiro atoms. The van der Waals surface area contributed by atoms with Crippen molar-refractivity contribution in [3.05, 3.63) is 75.8 Å². The van der Waals surface area contributed by atoms with Gasteiger partial charge < -0.3 is 0 Å². The van der Waals surface area contributed by atoms with Crippen molar-refractivity contribution in [3.63, 3.8) is 0 Å². The second-order valence-electron chi connectivity index (χ2n) is 6.55. The number of halogens is 1. The van der Waals surface area contributed by atoms with Crippen molar-refractivity contribution in [1.29, 1.82) is 0 Å². The molecule has 2 heterocycles. The van der Waals surface area contributed by atoms with Crippen LogP contribution in [0, 0.1) is 12.7 Å². The number of rotatable bonds is 6. The number of nitrogens with one attached hydrogen (secondary N) is 1. The summed E-state index contributed by atoms with van der Waals surface area (Å²) < 4.78 is 42.8. The Morgan fingerprint density at radius 2 is 1.87 bits per heavy atom. The molecule has 4 aromatic rings. The molecule has 0 fully saturated rings. The molecule has 7 nitrogen and oxygen atoms in total. The van der Waals surface area contributed by atoms with E-state index in [-0.39, 0.29) is 29.4 Å². The molecule has 0 bridgehead atoms. The zero-order valence-electron chi connectivity index (χ0n) is 15.9. The molecule has 0 unspecified atom stereocenters. The molecule has 0 saturated carbocycles. The minimum atomic E-state index is -3.75. The van der Waals surface area contributed by atoms with Crippen LogP contribution in [0.2, 0.25) is 0 Å². The smallest absolute Gasteiger partial charge is 0.266 e. The number of thiazole rings is 1. The Kier molecular flexibility index (Phi) is 5.46. The standard InChI is InChI=1S/C20H17FN4O3S2/c1-13-23-18-7-6-16(12-19(18)29-13)30(27,28)22-10-11-25-20(26)9-8-17(24-25)14-2-4-15(21)5-3-14/h2-9,12,22H,10-11H2,1H3. The van der Waals surface area contributed by atoms with Gasteiger partial charge in [-0.05, 0) is 55.5 Å². The van der Waals surface area contributed by atoms with Crippen LogP contribution in [-0.4, -0.2) is 29.7 Å². The van der Waals surface area contributed by atoms with E-state index in [1.54, 1.807) is 30.3 Å². The molecule has 0 atom stereocenters. The first kappa shape index (κ1) is 20.3. The molecule has 0 aliphatic heterocycles. The fourth-order valence-corrected chi connectivity index (χ4v) is 4.93. The Balaban J connectivity index is 1.49. The van der Waals surface area contributed by atoms with Crippen molar-refractivity contribution in [2.75, 3.05) is 6.54 Å². The van der Waals surface area contributed by atoms with Gasteiger partial charge in [-0.1, -0.05) is 0 Å². The predicted molar refractivity (Wildman–Crippen MR) is 113 cm³/mol. The Labute approximate surface area is 175 Å². The molecule has 2 aromatic carbocycles. The van der Waals surface area contributed by atoms with Crippen molar-refractivity contribution >= 4 is 31.6 Å². The minimum Gasteiger partial charge on any atom is -0.268 e. The third-order valence-corrected chi connectivity index (χ3v) is 6.79. The number of aromatic nitrogens is 3. The Hall–Kier alpha value is -2.95. The third-order valence-electron chi connectivity index (χ3n) is 4.40. The summed E-state index contributed by atoms with van der Waals surface area (Å²) in [6.45, 7) is 1.90. The summed E-state index contributed by atoms with van der Waals surface area (Å²) in [5.74, 6) is -0.367. The quantitative estimate of drug-likeness (QED) is 0.494. The summed E-state index contributed by atoms with van der Waals surface area (Å²) in [5.41, 5.74) is 1.54. The molecule has 0 radical (unpaired) electrons. The summed E-state index contributed by atoms with van der Waals surface area (Å²) in [6.07, 6.45) is 0. The number of sulfonamides is 1. The van der Waals surface area contributed by atoms with Gasteiger partial charge in [0.1, 0.15) is 5.82 Å². The molecule has 1 N–H and O–H groups in total. The van der Waals surface area contributed by atoms with Crippen LogP contribution in [-0.2, 0) is 16.6 Å². The fraction of sp³-hybridized carbons (Fsp3) is 0.150. The molecule has 10 heteroatoms. The summed E-state index contributed by atoms with van der Waals surface area (Å²) in [6, 6.07) is 13.4. The van der Waals surface area contributed by atoms with Crippen LogP contribution >= 0.6 is 11.3 Å². The highest BCUT2D eigenvalue weighted by Gasteiger charge is 2.15. The highest BCUT2D eigenvalue weighted by Crippen LogP contribution is 2.24. The van der Waals surface area contributed by atoms with Gasteiger partial charge in [0.15, 0.2) is 0 Å².